The van der Waals surface area contributed by atoms with Crippen LogP contribution in [-0.4, -0.2) is 34.1 Å². The minimum absolute atomic E-state index is 0.000493. The topological polar surface area (TPSA) is 109 Å². The first-order valence-corrected chi connectivity index (χ1v) is 8.96. The molecule has 11 heteroatoms. The lowest BCUT2D eigenvalue weighted by atomic mass is 10.2. The summed E-state index contributed by atoms with van der Waals surface area (Å²) in [4.78, 5) is 28.8. The highest BCUT2D eigenvalue weighted by atomic mass is 35.5. The van der Waals surface area contributed by atoms with Gasteiger partial charge in [0, 0.05) is 23.9 Å². The molecule has 0 atom stereocenters. The van der Waals surface area contributed by atoms with Crippen LogP contribution in [0.15, 0.2) is 30.3 Å². The first-order chi connectivity index (χ1) is 14.3. The Kier molecular flexibility index (Phi) is 6.26. The molecule has 0 aliphatic rings. The smallest absolute Gasteiger partial charge is 0.269 e. The van der Waals surface area contributed by atoms with E-state index in [0.29, 0.717) is 23.6 Å². The number of H-pyrrole nitrogens is 1. The minimum atomic E-state index is -1.22. The molecule has 2 aromatic heterocycles. The molecule has 2 amide bonds. The molecule has 3 N–H and O–H groups in total. The van der Waals surface area contributed by atoms with Gasteiger partial charge in [0.05, 0.1) is 17.7 Å². The molecule has 8 nitrogen and oxygen atoms in total. The maximum Gasteiger partial charge on any atom is 0.269 e. The Hall–Kier alpha value is -3.53. The highest BCUT2D eigenvalue weighted by molar-refractivity contribution is 6.34. The number of ether oxygens (including phenoxy) is 1. The van der Waals surface area contributed by atoms with Crippen LogP contribution in [0.3, 0.4) is 0 Å². The Morgan fingerprint density at radius 2 is 1.90 bits per heavy atom. The standard InChI is InChI=1S/C19H16ClF2N5O3/c1-9-3-4-10(19(24-9)30-2)8-23-18(29)15-7-16(27-26-15)25-17(28)11-5-13(21)14(22)6-12(11)20/h3-7H,8H2,1-2H3,(H,23,29)(H2,25,26,27,28). The number of hydrogen-bond acceptors (Lipinski definition) is 5. The fourth-order valence-corrected chi connectivity index (χ4v) is 2.76. The summed E-state index contributed by atoms with van der Waals surface area (Å²) in [6, 6.07) is 6.23. The van der Waals surface area contributed by atoms with Gasteiger partial charge in [-0.2, -0.15) is 5.10 Å². The first kappa shape index (κ1) is 21.2. The molecule has 0 radical (unpaired) electrons. The van der Waals surface area contributed by atoms with Crippen molar-refractivity contribution in [2.75, 3.05) is 12.4 Å². The molecule has 0 aliphatic heterocycles. The summed E-state index contributed by atoms with van der Waals surface area (Å²) in [5.74, 6) is -3.29. The van der Waals surface area contributed by atoms with Gasteiger partial charge in [-0.05, 0) is 25.1 Å². The fourth-order valence-electron chi connectivity index (χ4n) is 2.53. The lowest BCUT2D eigenvalue weighted by molar-refractivity contribution is 0.0944. The summed E-state index contributed by atoms with van der Waals surface area (Å²) < 4.78 is 31.7. The van der Waals surface area contributed by atoms with Crippen LogP contribution >= 0.6 is 11.6 Å². The van der Waals surface area contributed by atoms with Crippen molar-refractivity contribution in [2.45, 2.75) is 13.5 Å². The van der Waals surface area contributed by atoms with Crippen LogP contribution in [0.25, 0.3) is 0 Å². The van der Waals surface area contributed by atoms with Gasteiger partial charge in [0.25, 0.3) is 11.8 Å². The molecule has 0 spiro atoms. The highest BCUT2D eigenvalue weighted by Crippen LogP contribution is 2.21. The van der Waals surface area contributed by atoms with Crippen LogP contribution < -0.4 is 15.4 Å². The zero-order valence-electron chi connectivity index (χ0n) is 15.8. The van der Waals surface area contributed by atoms with Crippen LogP contribution in [0.5, 0.6) is 5.88 Å². The Labute approximate surface area is 174 Å². The van der Waals surface area contributed by atoms with Crippen molar-refractivity contribution in [2.24, 2.45) is 0 Å². The van der Waals surface area contributed by atoms with Gasteiger partial charge in [-0.3, -0.25) is 14.7 Å². The van der Waals surface area contributed by atoms with Crippen molar-refractivity contribution in [3.8, 4) is 5.88 Å². The van der Waals surface area contributed by atoms with Crippen molar-refractivity contribution >= 4 is 29.2 Å². The first-order valence-electron chi connectivity index (χ1n) is 8.58. The summed E-state index contributed by atoms with van der Waals surface area (Å²) in [5.41, 5.74) is 1.25. The normalized spacial score (nSPS) is 10.6. The average molecular weight is 436 g/mol. The van der Waals surface area contributed by atoms with Crippen molar-refractivity contribution in [1.29, 1.82) is 0 Å². The Morgan fingerprint density at radius 1 is 1.17 bits per heavy atom. The van der Waals surface area contributed by atoms with Gasteiger partial charge in [-0.1, -0.05) is 17.7 Å². The molecule has 3 rings (SSSR count). The quantitative estimate of drug-likeness (QED) is 0.515. The van der Waals surface area contributed by atoms with Crippen molar-refractivity contribution < 1.29 is 23.1 Å². The SMILES string of the molecule is COc1nc(C)ccc1CNC(=O)c1cc(NC(=O)c2cc(F)c(F)cc2Cl)n[nH]1. The van der Waals surface area contributed by atoms with E-state index in [1.165, 1.54) is 13.2 Å². The molecule has 0 unspecified atom stereocenters. The summed E-state index contributed by atoms with van der Waals surface area (Å²) >= 11 is 5.78. The van der Waals surface area contributed by atoms with Gasteiger partial charge < -0.3 is 15.4 Å². The number of anilines is 1. The molecular weight excluding hydrogens is 420 g/mol. The number of carbonyl (C=O) groups is 2. The predicted octanol–water partition coefficient (Wildman–Crippen LogP) is 3.24. The maximum atomic E-state index is 13.4. The van der Waals surface area contributed by atoms with E-state index in [9.17, 15) is 18.4 Å². The number of aromatic amines is 1. The number of benzene rings is 1. The van der Waals surface area contributed by atoms with Crippen LogP contribution in [0.1, 0.15) is 32.1 Å². The van der Waals surface area contributed by atoms with Gasteiger partial charge in [-0.15, -0.1) is 0 Å². The van der Waals surface area contributed by atoms with E-state index < -0.39 is 23.4 Å². The molecule has 3 aromatic rings. The summed E-state index contributed by atoms with van der Waals surface area (Å²) in [7, 11) is 1.48. The number of amides is 2. The number of aromatic nitrogens is 3. The fraction of sp³-hybridized carbons (Fsp3) is 0.158. The Balaban J connectivity index is 1.65. The number of nitrogens with zero attached hydrogens (tertiary/aromatic N) is 2. The third kappa shape index (κ3) is 4.71. The number of rotatable bonds is 6. The lowest BCUT2D eigenvalue weighted by Gasteiger charge is -2.09. The van der Waals surface area contributed by atoms with Crippen molar-refractivity contribution in [3.05, 3.63) is 69.5 Å². The molecule has 0 aliphatic carbocycles. The number of nitrogens with one attached hydrogen (secondary N) is 3. The molecule has 0 bridgehead atoms. The third-order valence-corrected chi connectivity index (χ3v) is 4.34. The summed E-state index contributed by atoms with van der Waals surface area (Å²) in [6.07, 6.45) is 0. The van der Waals surface area contributed by atoms with Crippen LogP contribution in [0.2, 0.25) is 5.02 Å². The van der Waals surface area contributed by atoms with E-state index in [0.717, 1.165) is 5.69 Å². The number of pyridine rings is 1. The zero-order valence-corrected chi connectivity index (χ0v) is 16.6. The number of hydrogen-bond donors (Lipinski definition) is 3. The monoisotopic (exact) mass is 435 g/mol. The van der Waals surface area contributed by atoms with Gasteiger partial charge in [0.2, 0.25) is 5.88 Å². The number of aryl methyl sites for hydroxylation is 1. The van der Waals surface area contributed by atoms with E-state index >= 15 is 0 Å². The molecule has 156 valence electrons. The largest absolute Gasteiger partial charge is 0.481 e. The van der Waals surface area contributed by atoms with E-state index in [-0.39, 0.29) is 28.6 Å². The average Bonchev–Trinajstić information content (AvgIpc) is 3.17. The second-order valence-corrected chi connectivity index (χ2v) is 6.58. The zero-order chi connectivity index (χ0) is 21.8. The van der Waals surface area contributed by atoms with E-state index in [1.807, 2.05) is 6.92 Å². The minimum Gasteiger partial charge on any atom is -0.481 e. The van der Waals surface area contributed by atoms with Crippen LogP contribution in [0.4, 0.5) is 14.6 Å². The van der Waals surface area contributed by atoms with Crippen LogP contribution in [-0.2, 0) is 6.54 Å². The van der Waals surface area contributed by atoms with Gasteiger partial charge in [0.1, 0.15) is 5.69 Å². The lowest BCUT2D eigenvalue weighted by Crippen LogP contribution is -2.23. The number of halogens is 3. The van der Waals surface area contributed by atoms with Crippen molar-refractivity contribution in [3.63, 3.8) is 0 Å². The second-order valence-electron chi connectivity index (χ2n) is 6.17. The van der Waals surface area contributed by atoms with Crippen molar-refractivity contribution in [1.82, 2.24) is 20.5 Å². The van der Waals surface area contributed by atoms with Gasteiger partial charge in [0.15, 0.2) is 17.5 Å². The molecule has 30 heavy (non-hydrogen) atoms. The van der Waals surface area contributed by atoms with Gasteiger partial charge in [-0.25, -0.2) is 13.8 Å². The van der Waals surface area contributed by atoms with E-state index in [4.69, 9.17) is 16.3 Å². The maximum absolute atomic E-state index is 13.4. The summed E-state index contributed by atoms with van der Waals surface area (Å²) in [6.45, 7) is 1.97. The van der Waals surface area contributed by atoms with E-state index in [2.05, 4.69) is 25.8 Å². The number of methoxy groups -OCH3 is 1. The predicted molar refractivity (Wildman–Crippen MR) is 105 cm³/mol. The van der Waals surface area contributed by atoms with E-state index in [1.54, 1.807) is 12.1 Å². The molecule has 0 saturated carbocycles. The van der Waals surface area contributed by atoms with Gasteiger partial charge >= 0.3 is 0 Å². The Morgan fingerprint density at radius 3 is 2.63 bits per heavy atom. The Bertz CT molecular complexity index is 1120. The third-order valence-electron chi connectivity index (χ3n) is 4.03. The molecule has 1 aromatic carbocycles. The number of carbonyl (C=O) groups excluding carboxylic acids is 2. The summed E-state index contributed by atoms with van der Waals surface area (Å²) in [5, 5.41) is 11.1. The van der Waals surface area contributed by atoms with Crippen LogP contribution in [0, 0.1) is 18.6 Å². The second kappa shape index (κ2) is 8.87. The molecule has 2 heterocycles. The molecular formula is C19H16ClF2N5O3. The highest BCUT2D eigenvalue weighted by Gasteiger charge is 2.17. The molecule has 0 fully saturated rings. The molecule has 0 saturated heterocycles.